The molecule has 0 aliphatic carbocycles. The molecule has 0 saturated carbocycles. The molecule has 0 saturated heterocycles. The lowest BCUT2D eigenvalue weighted by Gasteiger charge is -2.21. The van der Waals surface area contributed by atoms with E-state index in [2.05, 4.69) is 10.6 Å². The first-order valence-corrected chi connectivity index (χ1v) is 10.9. The van der Waals surface area contributed by atoms with E-state index in [1.807, 2.05) is 31.2 Å². The van der Waals surface area contributed by atoms with E-state index in [1.54, 1.807) is 7.11 Å². The van der Waals surface area contributed by atoms with Gasteiger partial charge in [-0.2, -0.15) is 0 Å². The number of aliphatic imine (C=N–C) groups is 1. The van der Waals surface area contributed by atoms with Gasteiger partial charge in [0.25, 0.3) is 0 Å². The molecule has 9 heteroatoms. The van der Waals surface area contributed by atoms with Gasteiger partial charge in [0.2, 0.25) is 0 Å². The molecule has 0 unspecified atom stereocenters. The van der Waals surface area contributed by atoms with Gasteiger partial charge in [0.05, 0.1) is 20.3 Å². The lowest BCUT2D eigenvalue weighted by atomic mass is 10.1. The molecule has 2 N–H and O–H groups in total. The van der Waals surface area contributed by atoms with E-state index in [0.29, 0.717) is 45.3 Å². The van der Waals surface area contributed by atoms with Crippen LogP contribution in [-0.4, -0.2) is 46.2 Å². The molecule has 2 aromatic carbocycles. The summed E-state index contributed by atoms with van der Waals surface area (Å²) < 4.78 is 35.5. The van der Waals surface area contributed by atoms with Crippen molar-refractivity contribution < 1.29 is 23.3 Å². The SMILES string of the molecule is CCOCCCNC(=NCc1ccc(OC)cc1)NCCc1cc(F)cc2c1OCOC2.I. The molecular weight excluding hydrogens is 540 g/mol. The van der Waals surface area contributed by atoms with Gasteiger partial charge in [-0.25, -0.2) is 9.38 Å². The van der Waals surface area contributed by atoms with E-state index in [-0.39, 0.29) is 36.6 Å². The van der Waals surface area contributed by atoms with Crippen molar-refractivity contribution in [2.45, 2.75) is 32.9 Å². The number of benzene rings is 2. The minimum Gasteiger partial charge on any atom is -0.497 e. The van der Waals surface area contributed by atoms with Gasteiger partial charge in [-0.1, -0.05) is 12.1 Å². The van der Waals surface area contributed by atoms with Crippen LogP contribution >= 0.6 is 24.0 Å². The van der Waals surface area contributed by atoms with Crippen LogP contribution in [0.2, 0.25) is 0 Å². The molecule has 33 heavy (non-hydrogen) atoms. The summed E-state index contributed by atoms with van der Waals surface area (Å²) in [6.45, 7) is 5.80. The normalized spacial score (nSPS) is 12.9. The van der Waals surface area contributed by atoms with Crippen molar-refractivity contribution in [3.8, 4) is 11.5 Å². The minimum absolute atomic E-state index is 0. The number of guanidine groups is 1. The fourth-order valence-corrected chi connectivity index (χ4v) is 3.36. The number of hydrogen-bond acceptors (Lipinski definition) is 5. The second-order valence-electron chi connectivity index (χ2n) is 7.33. The van der Waals surface area contributed by atoms with Crippen LogP contribution in [0.15, 0.2) is 41.4 Å². The van der Waals surface area contributed by atoms with Crippen molar-refractivity contribution in [3.63, 3.8) is 0 Å². The molecule has 1 aliphatic heterocycles. The Bertz CT molecular complexity index is 881. The van der Waals surface area contributed by atoms with Crippen LogP contribution in [0.4, 0.5) is 4.39 Å². The molecule has 1 aliphatic rings. The fraction of sp³-hybridized carbons (Fsp3) is 0.458. The molecule has 7 nitrogen and oxygen atoms in total. The van der Waals surface area contributed by atoms with Gasteiger partial charge >= 0.3 is 0 Å². The first-order valence-electron chi connectivity index (χ1n) is 10.9. The number of halogens is 2. The molecule has 0 atom stereocenters. The van der Waals surface area contributed by atoms with Crippen LogP contribution < -0.4 is 20.1 Å². The lowest BCUT2D eigenvalue weighted by molar-refractivity contribution is -0.0172. The molecule has 0 bridgehead atoms. The van der Waals surface area contributed by atoms with Gasteiger partial charge in [-0.15, -0.1) is 24.0 Å². The number of rotatable bonds is 11. The summed E-state index contributed by atoms with van der Waals surface area (Å²) in [6.07, 6.45) is 1.48. The Morgan fingerprint density at radius 3 is 2.70 bits per heavy atom. The largest absolute Gasteiger partial charge is 0.497 e. The van der Waals surface area contributed by atoms with E-state index in [0.717, 1.165) is 41.2 Å². The van der Waals surface area contributed by atoms with Crippen LogP contribution in [0.5, 0.6) is 11.5 Å². The van der Waals surface area contributed by atoms with E-state index >= 15 is 0 Å². The molecule has 0 fully saturated rings. The van der Waals surface area contributed by atoms with Crippen molar-refractivity contribution in [1.29, 1.82) is 0 Å². The number of methoxy groups -OCH3 is 1. The zero-order valence-electron chi connectivity index (χ0n) is 19.2. The maximum atomic E-state index is 14.0. The third-order valence-corrected chi connectivity index (χ3v) is 4.98. The van der Waals surface area contributed by atoms with Crippen LogP contribution in [-0.2, 0) is 29.0 Å². The zero-order chi connectivity index (χ0) is 22.6. The van der Waals surface area contributed by atoms with E-state index in [9.17, 15) is 4.39 Å². The van der Waals surface area contributed by atoms with Gasteiger partial charge < -0.3 is 29.6 Å². The van der Waals surface area contributed by atoms with Gasteiger partial charge in [-0.3, -0.25) is 0 Å². The predicted octanol–water partition coefficient (Wildman–Crippen LogP) is 4.02. The minimum atomic E-state index is -0.282. The summed E-state index contributed by atoms with van der Waals surface area (Å²) in [5.41, 5.74) is 2.64. The molecule has 0 amide bonds. The molecule has 1 heterocycles. The number of nitrogens with zero attached hydrogens (tertiary/aromatic N) is 1. The summed E-state index contributed by atoms with van der Waals surface area (Å²) >= 11 is 0. The van der Waals surface area contributed by atoms with Crippen LogP contribution in [0.25, 0.3) is 0 Å². The van der Waals surface area contributed by atoms with Crippen molar-refractivity contribution >= 4 is 29.9 Å². The number of ether oxygens (including phenoxy) is 4. The number of hydrogen-bond donors (Lipinski definition) is 2. The highest BCUT2D eigenvalue weighted by molar-refractivity contribution is 14.0. The Morgan fingerprint density at radius 2 is 1.94 bits per heavy atom. The highest BCUT2D eigenvalue weighted by Crippen LogP contribution is 2.29. The Labute approximate surface area is 212 Å². The van der Waals surface area contributed by atoms with E-state index in [1.165, 1.54) is 12.1 Å². The predicted molar refractivity (Wildman–Crippen MR) is 137 cm³/mol. The molecule has 0 aromatic heterocycles. The third-order valence-electron chi connectivity index (χ3n) is 4.98. The van der Waals surface area contributed by atoms with Gasteiger partial charge in [0, 0.05) is 31.9 Å². The first kappa shape index (κ1) is 27.1. The Balaban J connectivity index is 0.00000385. The molecule has 0 radical (unpaired) electrons. The quantitative estimate of drug-likeness (QED) is 0.183. The topological polar surface area (TPSA) is 73.3 Å². The molecule has 2 aromatic rings. The van der Waals surface area contributed by atoms with Crippen LogP contribution in [0.1, 0.15) is 30.0 Å². The third kappa shape index (κ3) is 8.98. The highest BCUT2D eigenvalue weighted by atomic mass is 127. The summed E-state index contributed by atoms with van der Waals surface area (Å²) in [6, 6.07) is 10.8. The molecule has 0 spiro atoms. The Kier molecular flexibility index (Phi) is 12.3. The lowest BCUT2D eigenvalue weighted by Crippen LogP contribution is -2.39. The second kappa shape index (κ2) is 14.9. The summed E-state index contributed by atoms with van der Waals surface area (Å²) in [5, 5.41) is 6.68. The van der Waals surface area contributed by atoms with Gasteiger partial charge in [-0.05, 0) is 55.2 Å². The molecular formula is C24H33FIN3O4. The summed E-state index contributed by atoms with van der Waals surface area (Å²) in [4.78, 5) is 4.69. The van der Waals surface area contributed by atoms with Crippen molar-refractivity contribution in [3.05, 3.63) is 58.9 Å². The van der Waals surface area contributed by atoms with Gasteiger partial charge in [0.15, 0.2) is 12.8 Å². The Morgan fingerprint density at radius 1 is 1.15 bits per heavy atom. The van der Waals surface area contributed by atoms with Crippen LogP contribution in [0.3, 0.4) is 0 Å². The standard InChI is InChI=1S/C24H32FN3O4.HI/c1-3-30-12-4-10-26-24(28-15-18-5-7-22(29-2)8-6-18)27-11-9-19-13-21(25)14-20-16-31-17-32-23(19)20;/h5-8,13-14H,3-4,9-12,15-17H2,1-2H3,(H2,26,27,28);1H. The Hall–Kier alpha value is -2.11. The van der Waals surface area contributed by atoms with Crippen molar-refractivity contribution in [2.24, 2.45) is 4.99 Å². The average Bonchev–Trinajstić information content (AvgIpc) is 2.82. The summed E-state index contributed by atoms with van der Waals surface area (Å²) in [5.74, 6) is 1.96. The van der Waals surface area contributed by atoms with E-state index in [4.69, 9.17) is 23.9 Å². The molecule has 3 rings (SSSR count). The molecule has 182 valence electrons. The fourth-order valence-electron chi connectivity index (χ4n) is 3.36. The number of fused-ring (bicyclic) bond motifs is 1. The summed E-state index contributed by atoms with van der Waals surface area (Å²) in [7, 11) is 1.65. The van der Waals surface area contributed by atoms with Crippen molar-refractivity contribution in [2.75, 3.05) is 40.2 Å². The van der Waals surface area contributed by atoms with Crippen LogP contribution in [0, 0.1) is 5.82 Å². The maximum absolute atomic E-state index is 14.0. The number of nitrogens with one attached hydrogen (secondary N) is 2. The van der Waals surface area contributed by atoms with Gasteiger partial charge in [0.1, 0.15) is 17.3 Å². The second-order valence-corrected chi connectivity index (χ2v) is 7.33. The average molecular weight is 573 g/mol. The van der Waals surface area contributed by atoms with Crippen molar-refractivity contribution in [1.82, 2.24) is 10.6 Å². The van der Waals surface area contributed by atoms with E-state index < -0.39 is 0 Å². The smallest absolute Gasteiger partial charge is 0.191 e. The maximum Gasteiger partial charge on any atom is 0.191 e. The zero-order valence-corrected chi connectivity index (χ0v) is 21.5. The highest BCUT2D eigenvalue weighted by Gasteiger charge is 2.16. The monoisotopic (exact) mass is 573 g/mol. The first-order chi connectivity index (χ1) is 15.7.